The lowest BCUT2D eigenvalue weighted by molar-refractivity contribution is -0.134. The Hall–Kier alpha value is -3.13. The van der Waals surface area contributed by atoms with E-state index in [9.17, 15) is 4.79 Å². The number of morpholine rings is 1. The summed E-state index contributed by atoms with van der Waals surface area (Å²) in [6, 6.07) is 7.75. The summed E-state index contributed by atoms with van der Waals surface area (Å²) in [6.45, 7) is 3.04. The number of anilines is 1. The predicted octanol–water partition coefficient (Wildman–Crippen LogP) is 2.07. The van der Waals surface area contributed by atoms with Crippen molar-refractivity contribution in [1.29, 1.82) is 0 Å². The number of benzene rings is 1. The van der Waals surface area contributed by atoms with Gasteiger partial charge in [0.05, 0.1) is 26.5 Å². The normalized spacial score (nSPS) is 14.2. The standard InChI is InChI=1S/C20H23N5O3/c1-27-16-5-3-2-4-15(16)19-20(25-9-8-21-14-17(25)23-19)22-7-6-18(26)24-10-12-28-13-11-24/h2-5,8-9,14,22H,6-7,10-13H2,1H3. The van der Waals surface area contributed by atoms with E-state index < -0.39 is 0 Å². The second kappa shape index (κ2) is 8.26. The van der Waals surface area contributed by atoms with E-state index in [1.165, 1.54) is 0 Å². The third-order valence-corrected chi connectivity index (χ3v) is 4.79. The van der Waals surface area contributed by atoms with Crippen LogP contribution in [0.15, 0.2) is 42.9 Å². The SMILES string of the molecule is COc1ccccc1-c1nc2cnccn2c1NCCC(=O)N1CCOCC1. The third-order valence-electron chi connectivity index (χ3n) is 4.79. The molecule has 1 N–H and O–H groups in total. The number of nitrogens with zero attached hydrogens (tertiary/aromatic N) is 4. The molecule has 2 aromatic heterocycles. The third kappa shape index (κ3) is 3.63. The van der Waals surface area contributed by atoms with Gasteiger partial charge in [-0.3, -0.25) is 14.2 Å². The zero-order valence-electron chi connectivity index (χ0n) is 15.8. The maximum absolute atomic E-state index is 12.4. The number of para-hydroxylation sites is 1. The highest BCUT2D eigenvalue weighted by Gasteiger charge is 2.19. The number of fused-ring (bicyclic) bond motifs is 1. The number of nitrogens with one attached hydrogen (secondary N) is 1. The molecule has 3 heterocycles. The Bertz CT molecular complexity index is 965. The molecule has 8 nitrogen and oxygen atoms in total. The number of amides is 1. The van der Waals surface area contributed by atoms with Crippen LogP contribution in [0.4, 0.5) is 5.82 Å². The largest absolute Gasteiger partial charge is 0.496 e. The van der Waals surface area contributed by atoms with E-state index in [0.29, 0.717) is 39.3 Å². The maximum Gasteiger partial charge on any atom is 0.224 e. The second-order valence-corrected chi connectivity index (χ2v) is 6.48. The van der Waals surface area contributed by atoms with Crippen LogP contribution < -0.4 is 10.1 Å². The van der Waals surface area contributed by atoms with Crippen molar-refractivity contribution in [1.82, 2.24) is 19.3 Å². The van der Waals surface area contributed by atoms with Crippen LogP contribution in [0.25, 0.3) is 16.9 Å². The van der Waals surface area contributed by atoms with Gasteiger partial charge in [0, 0.05) is 44.0 Å². The lowest BCUT2D eigenvalue weighted by atomic mass is 10.1. The molecule has 1 amide bonds. The highest BCUT2D eigenvalue weighted by atomic mass is 16.5. The first-order chi connectivity index (χ1) is 13.8. The first kappa shape index (κ1) is 18.2. The molecule has 146 valence electrons. The van der Waals surface area contributed by atoms with Crippen LogP contribution >= 0.6 is 0 Å². The molecule has 0 saturated carbocycles. The van der Waals surface area contributed by atoms with Crippen molar-refractivity contribution in [2.24, 2.45) is 0 Å². The van der Waals surface area contributed by atoms with Crippen molar-refractivity contribution in [3.05, 3.63) is 42.9 Å². The summed E-state index contributed by atoms with van der Waals surface area (Å²) < 4.78 is 12.8. The molecule has 8 heteroatoms. The molecule has 28 heavy (non-hydrogen) atoms. The first-order valence-electron chi connectivity index (χ1n) is 9.33. The van der Waals surface area contributed by atoms with E-state index >= 15 is 0 Å². The van der Waals surface area contributed by atoms with E-state index in [-0.39, 0.29) is 5.91 Å². The number of aromatic nitrogens is 3. The molecular formula is C20H23N5O3. The average Bonchev–Trinajstić information content (AvgIpc) is 3.12. The molecule has 0 radical (unpaired) electrons. The molecule has 0 spiro atoms. The average molecular weight is 381 g/mol. The van der Waals surface area contributed by atoms with Gasteiger partial charge in [-0.25, -0.2) is 4.98 Å². The van der Waals surface area contributed by atoms with Crippen molar-refractivity contribution >= 4 is 17.4 Å². The van der Waals surface area contributed by atoms with Crippen molar-refractivity contribution < 1.29 is 14.3 Å². The second-order valence-electron chi connectivity index (χ2n) is 6.48. The molecule has 0 unspecified atom stereocenters. The Balaban J connectivity index is 1.58. The molecule has 0 aliphatic carbocycles. The number of imidazole rings is 1. The minimum atomic E-state index is 0.130. The summed E-state index contributed by atoms with van der Waals surface area (Å²) in [4.78, 5) is 23.2. The zero-order valence-corrected chi connectivity index (χ0v) is 15.8. The van der Waals surface area contributed by atoms with E-state index in [1.54, 1.807) is 19.5 Å². The van der Waals surface area contributed by atoms with Crippen molar-refractivity contribution in [2.75, 3.05) is 45.3 Å². The minimum absolute atomic E-state index is 0.130. The van der Waals surface area contributed by atoms with Crippen LogP contribution in [0.3, 0.4) is 0 Å². The Morgan fingerprint density at radius 1 is 1.29 bits per heavy atom. The topological polar surface area (TPSA) is 81.0 Å². The number of hydrogen-bond donors (Lipinski definition) is 1. The van der Waals surface area contributed by atoms with Gasteiger partial charge >= 0.3 is 0 Å². The number of carbonyl (C=O) groups excluding carboxylic acids is 1. The molecule has 1 fully saturated rings. The molecule has 0 atom stereocenters. The predicted molar refractivity (Wildman–Crippen MR) is 105 cm³/mol. The summed E-state index contributed by atoms with van der Waals surface area (Å²) in [7, 11) is 1.64. The van der Waals surface area contributed by atoms with Crippen molar-refractivity contribution in [2.45, 2.75) is 6.42 Å². The van der Waals surface area contributed by atoms with Gasteiger partial charge in [0.1, 0.15) is 17.3 Å². The number of methoxy groups -OCH3 is 1. The zero-order chi connectivity index (χ0) is 19.3. The smallest absolute Gasteiger partial charge is 0.224 e. The van der Waals surface area contributed by atoms with E-state index in [1.807, 2.05) is 39.8 Å². The van der Waals surface area contributed by atoms with Gasteiger partial charge in [-0.15, -0.1) is 0 Å². The van der Waals surface area contributed by atoms with E-state index in [4.69, 9.17) is 14.5 Å². The van der Waals surface area contributed by atoms with E-state index in [2.05, 4.69) is 10.3 Å². The quantitative estimate of drug-likeness (QED) is 0.704. The first-order valence-corrected chi connectivity index (χ1v) is 9.33. The summed E-state index contributed by atoms with van der Waals surface area (Å²) >= 11 is 0. The fraction of sp³-hybridized carbons (Fsp3) is 0.350. The molecule has 1 aliphatic heterocycles. The van der Waals surface area contributed by atoms with Crippen LogP contribution in [0, 0.1) is 0 Å². The van der Waals surface area contributed by atoms with Gasteiger partial charge in [-0.2, -0.15) is 0 Å². The van der Waals surface area contributed by atoms with Crippen molar-refractivity contribution in [3.63, 3.8) is 0 Å². The fourth-order valence-corrected chi connectivity index (χ4v) is 3.36. The number of hydrogen-bond acceptors (Lipinski definition) is 6. The molecule has 4 rings (SSSR count). The van der Waals surface area contributed by atoms with E-state index in [0.717, 1.165) is 28.5 Å². The maximum atomic E-state index is 12.4. The van der Waals surface area contributed by atoms with Crippen LogP contribution in [0.1, 0.15) is 6.42 Å². The summed E-state index contributed by atoms with van der Waals surface area (Å²) in [5.41, 5.74) is 2.38. The fourth-order valence-electron chi connectivity index (χ4n) is 3.36. The molecule has 1 aromatic carbocycles. The molecule has 0 bridgehead atoms. The summed E-state index contributed by atoms with van der Waals surface area (Å²) in [5, 5.41) is 3.39. The summed E-state index contributed by atoms with van der Waals surface area (Å²) in [6.07, 6.45) is 5.69. The molecule has 3 aromatic rings. The molecule has 1 saturated heterocycles. The van der Waals surface area contributed by atoms with Gasteiger partial charge in [-0.05, 0) is 12.1 Å². The highest BCUT2D eigenvalue weighted by Crippen LogP contribution is 2.34. The lowest BCUT2D eigenvalue weighted by Crippen LogP contribution is -2.41. The number of ether oxygens (including phenoxy) is 2. The Morgan fingerprint density at radius 3 is 2.93 bits per heavy atom. The number of rotatable bonds is 6. The molecule has 1 aliphatic rings. The van der Waals surface area contributed by atoms with Gasteiger partial charge in [0.2, 0.25) is 5.91 Å². The highest BCUT2D eigenvalue weighted by molar-refractivity contribution is 5.81. The Kier molecular flexibility index (Phi) is 5.38. The van der Waals surface area contributed by atoms with Crippen LogP contribution in [0.2, 0.25) is 0 Å². The lowest BCUT2D eigenvalue weighted by Gasteiger charge is -2.26. The minimum Gasteiger partial charge on any atom is -0.496 e. The van der Waals surface area contributed by atoms with Gasteiger partial charge in [0.15, 0.2) is 5.65 Å². The van der Waals surface area contributed by atoms with Crippen LogP contribution in [0.5, 0.6) is 5.75 Å². The van der Waals surface area contributed by atoms with Crippen molar-refractivity contribution in [3.8, 4) is 17.0 Å². The summed E-state index contributed by atoms with van der Waals surface area (Å²) in [5.74, 6) is 1.69. The van der Waals surface area contributed by atoms with Gasteiger partial charge in [-0.1, -0.05) is 12.1 Å². The number of carbonyl (C=O) groups is 1. The monoisotopic (exact) mass is 381 g/mol. The van der Waals surface area contributed by atoms with Crippen LogP contribution in [-0.4, -0.2) is 65.1 Å². The Labute approximate surface area is 163 Å². The molecular weight excluding hydrogens is 358 g/mol. The van der Waals surface area contributed by atoms with Gasteiger partial charge in [0.25, 0.3) is 0 Å². The van der Waals surface area contributed by atoms with Gasteiger partial charge < -0.3 is 19.7 Å². The van der Waals surface area contributed by atoms with Crippen LogP contribution in [-0.2, 0) is 9.53 Å². The Morgan fingerprint density at radius 2 is 2.11 bits per heavy atom.